The molecule has 3 heteroatoms. The first kappa shape index (κ1) is 17.0. The molecule has 1 saturated heterocycles. The van der Waals surface area contributed by atoms with Gasteiger partial charge in [-0.25, -0.2) is 0 Å². The normalized spacial score (nSPS) is 18.5. The third-order valence-corrected chi connectivity index (χ3v) is 5.57. The van der Waals surface area contributed by atoms with Crippen molar-refractivity contribution in [2.75, 3.05) is 19.7 Å². The third kappa shape index (κ3) is 3.31. The number of fused-ring (bicyclic) bond motifs is 1. The highest BCUT2D eigenvalue weighted by Gasteiger charge is 2.30. The standard InChI is InChI=1S/C23H27NO2/c1-16-6-7-19(17(2)12-16)14-25-20-8-9-21-22(15-26-23(21)13-20)18(3)24-10-4-5-11-24/h6-9,12-13,22H,3-5,10-11,14-15H2,1-2H3. The van der Waals surface area contributed by atoms with E-state index in [-0.39, 0.29) is 5.92 Å². The average molecular weight is 349 g/mol. The number of benzene rings is 2. The molecule has 0 N–H and O–H groups in total. The lowest BCUT2D eigenvalue weighted by atomic mass is 9.97. The van der Waals surface area contributed by atoms with Crippen LogP contribution in [0.2, 0.25) is 0 Å². The Labute approximate surface area is 156 Å². The highest BCUT2D eigenvalue weighted by molar-refractivity contribution is 5.48. The van der Waals surface area contributed by atoms with Crippen molar-refractivity contribution in [3.63, 3.8) is 0 Å². The summed E-state index contributed by atoms with van der Waals surface area (Å²) < 4.78 is 12.0. The second-order valence-corrected chi connectivity index (χ2v) is 7.47. The number of aryl methyl sites for hydroxylation is 2. The maximum absolute atomic E-state index is 6.02. The summed E-state index contributed by atoms with van der Waals surface area (Å²) >= 11 is 0. The molecule has 2 heterocycles. The molecule has 0 saturated carbocycles. The zero-order valence-electron chi connectivity index (χ0n) is 15.8. The van der Waals surface area contributed by atoms with Crippen LogP contribution in [0.15, 0.2) is 48.7 Å². The first-order valence-corrected chi connectivity index (χ1v) is 9.51. The van der Waals surface area contributed by atoms with Gasteiger partial charge in [-0.05, 0) is 43.9 Å². The predicted molar refractivity (Wildman–Crippen MR) is 105 cm³/mol. The van der Waals surface area contributed by atoms with Crippen LogP contribution in [0.25, 0.3) is 0 Å². The van der Waals surface area contributed by atoms with Gasteiger partial charge in [-0.3, -0.25) is 0 Å². The van der Waals surface area contributed by atoms with Gasteiger partial charge in [0.1, 0.15) is 24.7 Å². The number of hydrogen-bond acceptors (Lipinski definition) is 3. The Bertz CT molecular complexity index is 821. The summed E-state index contributed by atoms with van der Waals surface area (Å²) in [4.78, 5) is 2.41. The molecule has 2 aromatic carbocycles. The molecule has 3 nitrogen and oxygen atoms in total. The fourth-order valence-electron chi connectivity index (χ4n) is 3.95. The lowest BCUT2D eigenvalue weighted by Gasteiger charge is -2.24. The Kier molecular flexibility index (Phi) is 4.62. The number of rotatable bonds is 5. The lowest BCUT2D eigenvalue weighted by molar-refractivity contribution is 0.297. The largest absolute Gasteiger partial charge is 0.492 e. The number of nitrogens with zero attached hydrogens (tertiary/aromatic N) is 1. The number of likely N-dealkylation sites (tertiary alicyclic amines) is 1. The van der Waals surface area contributed by atoms with E-state index >= 15 is 0 Å². The molecule has 0 aromatic heterocycles. The molecule has 0 amide bonds. The van der Waals surface area contributed by atoms with Gasteiger partial charge in [0, 0.05) is 30.4 Å². The highest BCUT2D eigenvalue weighted by Crippen LogP contribution is 2.41. The Morgan fingerprint density at radius 3 is 2.73 bits per heavy atom. The van der Waals surface area contributed by atoms with Gasteiger partial charge < -0.3 is 14.4 Å². The second kappa shape index (κ2) is 7.06. The van der Waals surface area contributed by atoms with Crippen molar-refractivity contribution in [2.45, 2.75) is 39.2 Å². The molecule has 0 spiro atoms. The van der Waals surface area contributed by atoms with Crippen LogP contribution in [0.1, 0.15) is 41.0 Å². The maximum atomic E-state index is 6.02. The molecule has 2 aliphatic heterocycles. The SMILES string of the molecule is C=C(C1COc2cc(OCc3ccc(C)cc3C)ccc21)N1CCCC1. The summed E-state index contributed by atoms with van der Waals surface area (Å²) in [6.07, 6.45) is 2.54. The van der Waals surface area contributed by atoms with E-state index in [9.17, 15) is 0 Å². The fourth-order valence-corrected chi connectivity index (χ4v) is 3.95. The molecule has 0 bridgehead atoms. The van der Waals surface area contributed by atoms with E-state index in [0.29, 0.717) is 13.2 Å². The Balaban J connectivity index is 1.45. The first-order chi connectivity index (χ1) is 12.6. The predicted octanol–water partition coefficient (Wildman–Crippen LogP) is 4.97. The molecule has 1 unspecified atom stereocenters. The molecule has 0 radical (unpaired) electrons. The van der Waals surface area contributed by atoms with Crippen LogP contribution in [-0.2, 0) is 6.61 Å². The summed E-state index contributed by atoms with van der Waals surface area (Å²) in [6.45, 7) is 12.1. The van der Waals surface area contributed by atoms with E-state index in [0.717, 1.165) is 24.6 Å². The smallest absolute Gasteiger partial charge is 0.127 e. The van der Waals surface area contributed by atoms with Crippen LogP contribution in [-0.4, -0.2) is 24.6 Å². The summed E-state index contributed by atoms with van der Waals surface area (Å²) in [5.41, 5.74) is 6.20. The Hall–Kier alpha value is -2.42. The summed E-state index contributed by atoms with van der Waals surface area (Å²) in [6, 6.07) is 12.7. The molecule has 2 aromatic rings. The zero-order chi connectivity index (χ0) is 18.1. The van der Waals surface area contributed by atoms with Gasteiger partial charge in [-0.2, -0.15) is 0 Å². The number of ether oxygens (including phenoxy) is 2. The molecule has 1 atom stereocenters. The van der Waals surface area contributed by atoms with Gasteiger partial charge in [0.05, 0.1) is 5.92 Å². The summed E-state index contributed by atoms with van der Waals surface area (Å²) in [7, 11) is 0. The molecular weight excluding hydrogens is 322 g/mol. The second-order valence-electron chi connectivity index (χ2n) is 7.47. The van der Waals surface area contributed by atoms with Crippen molar-refractivity contribution in [3.05, 3.63) is 70.9 Å². The monoisotopic (exact) mass is 349 g/mol. The van der Waals surface area contributed by atoms with Crippen molar-refractivity contribution in [1.82, 2.24) is 4.90 Å². The van der Waals surface area contributed by atoms with E-state index in [1.807, 2.05) is 6.07 Å². The third-order valence-electron chi connectivity index (χ3n) is 5.57. The van der Waals surface area contributed by atoms with Crippen LogP contribution in [0.3, 0.4) is 0 Å². The van der Waals surface area contributed by atoms with Crippen LogP contribution < -0.4 is 9.47 Å². The molecule has 0 aliphatic carbocycles. The van der Waals surface area contributed by atoms with Gasteiger partial charge in [0.25, 0.3) is 0 Å². The minimum atomic E-state index is 0.275. The van der Waals surface area contributed by atoms with Crippen LogP contribution in [0.5, 0.6) is 11.5 Å². The van der Waals surface area contributed by atoms with Crippen molar-refractivity contribution in [3.8, 4) is 11.5 Å². The maximum Gasteiger partial charge on any atom is 0.127 e. The van der Waals surface area contributed by atoms with Crippen molar-refractivity contribution >= 4 is 0 Å². The van der Waals surface area contributed by atoms with Crippen molar-refractivity contribution in [1.29, 1.82) is 0 Å². The van der Waals surface area contributed by atoms with Crippen LogP contribution in [0.4, 0.5) is 0 Å². The summed E-state index contributed by atoms with van der Waals surface area (Å²) in [5.74, 6) is 2.07. The highest BCUT2D eigenvalue weighted by atomic mass is 16.5. The number of hydrogen-bond donors (Lipinski definition) is 0. The van der Waals surface area contributed by atoms with E-state index in [1.54, 1.807) is 0 Å². The van der Waals surface area contributed by atoms with E-state index in [2.05, 4.69) is 55.7 Å². The molecular formula is C23H27NO2. The van der Waals surface area contributed by atoms with Gasteiger partial charge in [0.2, 0.25) is 0 Å². The van der Waals surface area contributed by atoms with Crippen molar-refractivity contribution in [2.24, 2.45) is 0 Å². The lowest BCUT2D eigenvalue weighted by Crippen LogP contribution is -2.23. The van der Waals surface area contributed by atoms with Gasteiger partial charge in [0.15, 0.2) is 0 Å². The van der Waals surface area contributed by atoms with E-state index < -0.39 is 0 Å². The average Bonchev–Trinajstić information content (AvgIpc) is 3.30. The molecule has 136 valence electrons. The van der Waals surface area contributed by atoms with E-state index in [4.69, 9.17) is 9.47 Å². The van der Waals surface area contributed by atoms with Gasteiger partial charge in [-0.15, -0.1) is 0 Å². The minimum Gasteiger partial charge on any atom is -0.492 e. The molecule has 2 aliphatic rings. The van der Waals surface area contributed by atoms with Crippen LogP contribution in [0, 0.1) is 13.8 Å². The Morgan fingerprint density at radius 1 is 1.15 bits per heavy atom. The van der Waals surface area contributed by atoms with E-state index in [1.165, 1.54) is 40.8 Å². The molecule has 26 heavy (non-hydrogen) atoms. The Morgan fingerprint density at radius 2 is 1.96 bits per heavy atom. The van der Waals surface area contributed by atoms with Crippen molar-refractivity contribution < 1.29 is 9.47 Å². The summed E-state index contributed by atoms with van der Waals surface area (Å²) in [5, 5.41) is 0. The molecule has 4 rings (SSSR count). The van der Waals surface area contributed by atoms with Gasteiger partial charge >= 0.3 is 0 Å². The molecule has 1 fully saturated rings. The zero-order valence-corrected chi connectivity index (χ0v) is 15.8. The quantitative estimate of drug-likeness (QED) is 0.761. The topological polar surface area (TPSA) is 21.7 Å². The van der Waals surface area contributed by atoms with Gasteiger partial charge in [-0.1, -0.05) is 36.4 Å². The minimum absolute atomic E-state index is 0.275. The first-order valence-electron chi connectivity index (χ1n) is 9.51. The fraction of sp³-hybridized carbons (Fsp3) is 0.391. The van der Waals surface area contributed by atoms with Crippen LogP contribution >= 0.6 is 0 Å².